The van der Waals surface area contributed by atoms with Crippen LogP contribution in [0.1, 0.15) is 119 Å². The van der Waals surface area contributed by atoms with E-state index in [0.29, 0.717) is 30.1 Å². The van der Waals surface area contributed by atoms with E-state index in [1.165, 1.54) is 62.3 Å². The van der Waals surface area contributed by atoms with Crippen LogP contribution in [-0.2, 0) is 5.75 Å². The summed E-state index contributed by atoms with van der Waals surface area (Å²) in [5, 5.41) is 26.9. The predicted molar refractivity (Wildman–Crippen MR) is 209 cm³/mol. The van der Waals surface area contributed by atoms with Gasteiger partial charge in [0.05, 0.1) is 27.3 Å². The Hall–Kier alpha value is -4.38. The Bertz CT molecular complexity index is 1740. The first-order chi connectivity index (χ1) is 24.8. The van der Waals surface area contributed by atoms with Gasteiger partial charge in [0, 0.05) is 35.1 Å². The molecule has 0 aliphatic carbocycles. The van der Waals surface area contributed by atoms with E-state index in [-0.39, 0.29) is 28.1 Å². The van der Waals surface area contributed by atoms with E-state index >= 15 is 0 Å². The number of phenolic OH excluding ortho intramolecular Hbond substituents is 1. The Balaban J connectivity index is 1.61. The number of aromatic hydroxyl groups is 1. The fraction of sp³-hybridized carbons (Fsp3) is 0.475. The third-order valence-electron chi connectivity index (χ3n) is 9.22. The second-order valence-electron chi connectivity index (χ2n) is 13.1. The van der Waals surface area contributed by atoms with Gasteiger partial charge in [0.2, 0.25) is 0 Å². The Kier molecular flexibility index (Phi) is 15.8. The molecule has 2 N–H and O–H groups in total. The molecule has 51 heavy (non-hydrogen) atoms. The number of phenols is 1. The fourth-order valence-electron chi connectivity index (χ4n) is 6.35. The zero-order valence-corrected chi connectivity index (χ0v) is 31.2. The number of benzene rings is 3. The minimum atomic E-state index is -0.680. The number of rotatable bonds is 21. The Morgan fingerprint density at radius 3 is 2.18 bits per heavy atom. The van der Waals surface area contributed by atoms with E-state index in [9.17, 15) is 24.8 Å². The van der Waals surface area contributed by atoms with Gasteiger partial charge < -0.3 is 10.4 Å². The van der Waals surface area contributed by atoms with Crippen LogP contribution < -0.4 is 10.2 Å². The monoisotopic (exact) mass is 715 g/mol. The molecule has 0 aliphatic heterocycles. The summed E-state index contributed by atoms with van der Waals surface area (Å²) in [5.41, 5.74) is 1.73. The molecule has 10 nitrogen and oxygen atoms in total. The summed E-state index contributed by atoms with van der Waals surface area (Å²) < 4.78 is 1.51. The van der Waals surface area contributed by atoms with Crippen LogP contribution in [0.5, 0.6) is 5.75 Å². The van der Waals surface area contributed by atoms with Crippen LogP contribution in [0.25, 0.3) is 10.8 Å². The van der Waals surface area contributed by atoms with Gasteiger partial charge in [0.1, 0.15) is 12.1 Å². The van der Waals surface area contributed by atoms with E-state index < -0.39 is 16.6 Å². The minimum Gasteiger partial charge on any atom is -0.506 e. The van der Waals surface area contributed by atoms with E-state index in [1.807, 2.05) is 6.92 Å². The van der Waals surface area contributed by atoms with Gasteiger partial charge in [-0.3, -0.25) is 24.4 Å². The molecule has 0 fully saturated rings. The molecule has 0 saturated heterocycles. The number of nitrogens with one attached hydrogen (secondary N) is 1. The molecule has 2 amide bonds. The molecule has 0 atom stereocenters. The van der Waals surface area contributed by atoms with Crippen molar-refractivity contribution in [2.24, 2.45) is 0 Å². The Morgan fingerprint density at radius 1 is 0.902 bits per heavy atom. The van der Waals surface area contributed by atoms with Crippen molar-refractivity contribution in [1.29, 1.82) is 0 Å². The van der Waals surface area contributed by atoms with Gasteiger partial charge >= 0.3 is 6.03 Å². The first-order valence-electron chi connectivity index (χ1n) is 18.5. The zero-order valence-electron chi connectivity index (χ0n) is 30.4. The first kappa shape index (κ1) is 39.4. The van der Waals surface area contributed by atoms with Gasteiger partial charge in [-0.2, -0.15) is 11.8 Å². The number of fused-ring (bicyclic) bond motifs is 1. The van der Waals surface area contributed by atoms with Gasteiger partial charge in [-0.05, 0) is 43.7 Å². The first-order valence-corrected chi connectivity index (χ1v) is 19.7. The number of carbonyl (C=O) groups excluding carboxylic acids is 2. The third-order valence-corrected chi connectivity index (χ3v) is 10.4. The number of nitrogens with zero attached hydrogens (tertiary/aromatic N) is 4. The molecule has 0 radical (unpaired) electrons. The molecule has 0 spiro atoms. The fourth-order valence-corrected chi connectivity index (χ4v) is 7.26. The summed E-state index contributed by atoms with van der Waals surface area (Å²) >= 11 is 1.76. The predicted octanol–water partition coefficient (Wildman–Crippen LogP) is 11.0. The lowest BCUT2D eigenvalue weighted by atomic mass is 10.00. The summed E-state index contributed by atoms with van der Waals surface area (Å²) in [7, 11) is 0. The summed E-state index contributed by atoms with van der Waals surface area (Å²) in [6.07, 6.45) is 16.6. The summed E-state index contributed by atoms with van der Waals surface area (Å²) in [5.74, 6) is 0.596. The van der Waals surface area contributed by atoms with E-state index in [0.717, 1.165) is 48.9 Å². The average molecular weight is 716 g/mol. The van der Waals surface area contributed by atoms with Crippen molar-refractivity contribution in [3.05, 3.63) is 88.0 Å². The largest absolute Gasteiger partial charge is 0.506 e. The molecule has 1 aromatic heterocycles. The second-order valence-corrected chi connectivity index (χ2v) is 14.2. The van der Waals surface area contributed by atoms with Crippen molar-refractivity contribution >= 4 is 51.5 Å². The number of unbranched alkanes of at least 4 members (excludes halogenated alkanes) is 11. The molecule has 0 saturated carbocycles. The number of nitro benzene ring substituents is 1. The average Bonchev–Trinajstić information content (AvgIpc) is 3.50. The Labute approximate surface area is 306 Å². The highest BCUT2D eigenvalue weighted by Crippen LogP contribution is 2.42. The van der Waals surface area contributed by atoms with Gasteiger partial charge in [0.25, 0.3) is 11.6 Å². The van der Waals surface area contributed by atoms with Gasteiger partial charge in [-0.1, -0.05) is 115 Å². The highest BCUT2D eigenvalue weighted by Gasteiger charge is 2.29. The van der Waals surface area contributed by atoms with Crippen LogP contribution in [0.2, 0.25) is 0 Å². The third kappa shape index (κ3) is 10.8. The van der Waals surface area contributed by atoms with Crippen LogP contribution in [0.15, 0.2) is 60.9 Å². The lowest BCUT2D eigenvalue weighted by Crippen LogP contribution is -2.36. The maximum absolute atomic E-state index is 14.4. The smallest absolute Gasteiger partial charge is 0.334 e. The van der Waals surface area contributed by atoms with Crippen LogP contribution in [0.3, 0.4) is 0 Å². The van der Waals surface area contributed by atoms with Crippen LogP contribution in [0, 0.1) is 17.0 Å². The van der Waals surface area contributed by atoms with Gasteiger partial charge in [0.15, 0.2) is 0 Å². The molecule has 1 heterocycles. The quantitative estimate of drug-likeness (QED) is 0.0499. The number of hydrogen-bond donors (Lipinski definition) is 2. The number of nitro groups is 1. The molecular formula is C40H53N5O5S. The van der Waals surface area contributed by atoms with Crippen molar-refractivity contribution in [2.45, 2.75) is 110 Å². The molecule has 4 rings (SSSR count). The number of thioether (sulfide) groups is 1. The van der Waals surface area contributed by atoms with Crippen LogP contribution in [0.4, 0.5) is 21.9 Å². The normalized spacial score (nSPS) is 11.2. The summed E-state index contributed by atoms with van der Waals surface area (Å²) in [6.45, 7) is 6.54. The number of anilines is 2. The van der Waals surface area contributed by atoms with Crippen molar-refractivity contribution in [3.63, 3.8) is 0 Å². The lowest BCUT2D eigenvalue weighted by Gasteiger charge is -2.25. The van der Waals surface area contributed by atoms with Gasteiger partial charge in [-0.25, -0.2) is 9.78 Å². The SMILES string of the molecule is CCCCCCCCCCCCCCN(C(=O)n1cnc(CSCCC)c1C)c1cccc2c(O)c(C(=O)Nc3ccccc3)cc([N+](=O)[O-])c12. The Morgan fingerprint density at radius 2 is 1.55 bits per heavy atom. The van der Waals surface area contributed by atoms with Crippen LogP contribution >= 0.6 is 11.8 Å². The number of hydrogen-bond acceptors (Lipinski definition) is 7. The molecule has 4 aromatic rings. The van der Waals surface area contributed by atoms with Gasteiger partial charge in [-0.15, -0.1) is 0 Å². The number of para-hydroxylation sites is 1. The molecule has 3 aromatic carbocycles. The molecule has 0 bridgehead atoms. The topological polar surface area (TPSA) is 131 Å². The highest BCUT2D eigenvalue weighted by molar-refractivity contribution is 7.98. The lowest BCUT2D eigenvalue weighted by molar-refractivity contribution is -0.383. The maximum Gasteiger partial charge on any atom is 0.334 e. The van der Waals surface area contributed by atoms with Crippen molar-refractivity contribution in [3.8, 4) is 5.75 Å². The van der Waals surface area contributed by atoms with Crippen molar-refractivity contribution in [2.75, 3.05) is 22.5 Å². The molecule has 274 valence electrons. The van der Waals surface area contributed by atoms with Crippen LogP contribution in [-0.4, -0.2) is 43.8 Å². The zero-order chi connectivity index (χ0) is 36.6. The van der Waals surface area contributed by atoms with E-state index in [1.54, 1.807) is 65.2 Å². The number of amides is 2. The second kappa shape index (κ2) is 20.5. The van der Waals surface area contributed by atoms with E-state index in [4.69, 9.17) is 0 Å². The number of carbonyl (C=O) groups is 2. The number of non-ortho nitro benzene ring substituents is 1. The number of aromatic nitrogens is 2. The molecule has 11 heteroatoms. The maximum atomic E-state index is 14.4. The standard InChI is InChI=1S/C40H53N5O5S/c1-4-6-7-8-9-10-11-12-13-14-15-19-25-43(40(48)44-29-41-34(30(44)3)28-51-26-5-2)35-24-20-23-32-37(35)36(45(49)50)27-33(38(32)46)39(47)42-31-21-17-16-18-22-31/h16-18,20-24,27,29,46H,4-15,19,25-26,28H2,1-3H3,(H,42,47). The summed E-state index contributed by atoms with van der Waals surface area (Å²) in [6, 6.07) is 14.3. The highest BCUT2D eigenvalue weighted by atomic mass is 32.2. The van der Waals surface area contributed by atoms with Crippen molar-refractivity contribution < 1.29 is 19.6 Å². The molecule has 0 unspecified atom stereocenters. The number of imidazole rings is 1. The minimum absolute atomic E-state index is 0.0973. The molecular weight excluding hydrogens is 663 g/mol. The molecule has 0 aliphatic rings. The van der Waals surface area contributed by atoms with E-state index in [2.05, 4.69) is 24.1 Å². The van der Waals surface area contributed by atoms with Crippen molar-refractivity contribution in [1.82, 2.24) is 9.55 Å². The summed E-state index contributed by atoms with van der Waals surface area (Å²) in [4.78, 5) is 45.8.